The van der Waals surface area contributed by atoms with E-state index in [2.05, 4.69) is 6.92 Å². The fourth-order valence-corrected chi connectivity index (χ4v) is 2.96. The second-order valence-corrected chi connectivity index (χ2v) is 5.74. The van der Waals surface area contributed by atoms with Gasteiger partial charge in [0.25, 0.3) is 0 Å². The number of carbonyl (C=O) groups is 2. The Kier molecular flexibility index (Phi) is 4.12. The molecular formula is C16H20O4. The molecule has 2 rings (SSSR count). The molecule has 1 aliphatic carbocycles. The molecule has 20 heavy (non-hydrogen) atoms. The van der Waals surface area contributed by atoms with E-state index in [-0.39, 0.29) is 17.3 Å². The van der Waals surface area contributed by atoms with E-state index in [1.54, 1.807) is 12.1 Å². The lowest BCUT2D eigenvalue weighted by molar-refractivity contribution is -0.146. The van der Waals surface area contributed by atoms with E-state index in [1.807, 2.05) is 12.1 Å². The van der Waals surface area contributed by atoms with Crippen LogP contribution in [0.5, 0.6) is 0 Å². The number of methoxy groups -OCH3 is 1. The Bertz CT molecular complexity index is 496. The Morgan fingerprint density at radius 3 is 2.20 bits per heavy atom. The number of benzene rings is 1. The third kappa shape index (κ3) is 2.84. The first-order valence-corrected chi connectivity index (χ1v) is 6.88. The summed E-state index contributed by atoms with van der Waals surface area (Å²) in [4.78, 5) is 22.4. The molecule has 0 aliphatic heterocycles. The summed E-state index contributed by atoms with van der Waals surface area (Å²) in [6.45, 7) is 2.18. The van der Waals surface area contributed by atoms with Gasteiger partial charge in [-0.1, -0.05) is 19.1 Å². The maximum Gasteiger partial charge on any atom is 0.335 e. The van der Waals surface area contributed by atoms with E-state index in [0.717, 1.165) is 31.2 Å². The molecule has 0 saturated heterocycles. The lowest BCUT2D eigenvalue weighted by Crippen LogP contribution is -2.32. The molecule has 0 heterocycles. The average Bonchev–Trinajstić information content (AvgIpc) is 2.47. The van der Waals surface area contributed by atoms with Crippen LogP contribution in [0.25, 0.3) is 0 Å². The van der Waals surface area contributed by atoms with Crippen molar-refractivity contribution in [3.63, 3.8) is 0 Å². The second kappa shape index (κ2) is 5.65. The molecule has 0 unspecified atom stereocenters. The number of ether oxygens (including phenoxy) is 1. The van der Waals surface area contributed by atoms with Gasteiger partial charge in [-0.3, -0.25) is 4.79 Å². The van der Waals surface area contributed by atoms with E-state index in [1.165, 1.54) is 7.11 Å². The monoisotopic (exact) mass is 276 g/mol. The van der Waals surface area contributed by atoms with E-state index in [0.29, 0.717) is 5.56 Å². The Balaban J connectivity index is 2.09. The van der Waals surface area contributed by atoms with Gasteiger partial charge < -0.3 is 9.84 Å². The van der Waals surface area contributed by atoms with Gasteiger partial charge in [-0.25, -0.2) is 4.79 Å². The van der Waals surface area contributed by atoms with Crippen molar-refractivity contribution in [1.82, 2.24) is 0 Å². The highest BCUT2D eigenvalue weighted by molar-refractivity contribution is 5.87. The van der Waals surface area contributed by atoms with Crippen LogP contribution in [0.3, 0.4) is 0 Å². The number of hydrogen-bond acceptors (Lipinski definition) is 3. The second-order valence-electron chi connectivity index (χ2n) is 5.74. The van der Waals surface area contributed by atoms with Gasteiger partial charge in [-0.2, -0.15) is 0 Å². The Morgan fingerprint density at radius 1 is 1.20 bits per heavy atom. The van der Waals surface area contributed by atoms with Gasteiger partial charge >= 0.3 is 11.9 Å². The van der Waals surface area contributed by atoms with Gasteiger partial charge in [-0.15, -0.1) is 0 Å². The van der Waals surface area contributed by atoms with Crippen LogP contribution in [0.1, 0.15) is 48.5 Å². The summed E-state index contributed by atoms with van der Waals surface area (Å²) in [5.74, 6) is -1.02. The number of carboxylic acid groups (broad SMARTS) is 1. The number of rotatable bonds is 3. The van der Waals surface area contributed by atoms with E-state index >= 15 is 0 Å². The first kappa shape index (κ1) is 14.6. The molecule has 0 aromatic heterocycles. The molecule has 0 bridgehead atoms. The van der Waals surface area contributed by atoms with Gasteiger partial charge in [0, 0.05) is 0 Å². The van der Waals surface area contributed by atoms with Crippen LogP contribution in [0.15, 0.2) is 24.3 Å². The van der Waals surface area contributed by atoms with E-state index < -0.39 is 5.97 Å². The molecule has 4 heteroatoms. The van der Waals surface area contributed by atoms with E-state index in [9.17, 15) is 9.59 Å². The first-order valence-electron chi connectivity index (χ1n) is 6.88. The molecule has 1 saturated carbocycles. The largest absolute Gasteiger partial charge is 0.478 e. The predicted octanol–water partition coefficient (Wildman–Crippen LogP) is 3.01. The zero-order chi connectivity index (χ0) is 14.8. The number of carbonyl (C=O) groups excluding carboxylic acids is 1. The fraction of sp³-hybridized carbons (Fsp3) is 0.500. The van der Waals surface area contributed by atoms with Crippen LogP contribution >= 0.6 is 0 Å². The Labute approximate surface area is 118 Å². The van der Waals surface area contributed by atoms with Gasteiger partial charge in [0.15, 0.2) is 0 Å². The first-order chi connectivity index (χ1) is 9.46. The summed E-state index contributed by atoms with van der Waals surface area (Å²) in [6.07, 6.45) is 3.48. The zero-order valence-corrected chi connectivity index (χ0v) is 11.9. The maximum atomic E-state index is 11.5. The van der Waals surface area contributed by atoms with Crippen LogP contribution in [0.4, 0.5) is 0 Å². The summed E-state index contributed by atoms with van der Waals surface area (Å²) in [6, 6.07) is 7.08. The SMILES string of the molecule is COC(=O)C1CCC(C)(c2ccc(C(=O)O)cc2)CC1. The molecule has 0 amide bonds. The predicted molar refractivity (Wildman–Crippen MR) is 74.7 cm³/mol. The number of aromatic carboxylic acids is 1. The van der Waals surface area contributed by atoms with Gasteiger partial charge in [0.1, 0.15) is 0 Å². The highest BCUT2D eigenvalue weighted by atomic mass is 16.5. The lowest BCUT2D eigenvalue weighted by atomic mass is 9.68. The van der Waals surface area contributed by atoms with Crippen LogP contribution in [-0.2, 0) is 14.9 Å². The zero-order valence-electron chi connectivity index (χ0n) is 11.9. The molecule has 4 nitrogen and oxygen atoms in total. The van der Waals surface area contributed by atoms with Gasteiger partial charge in [0.2, 0.25) is 0 Å². The standard InChI is InChI=1S/C16H20O4/c1-16(9-7-12(8-10-16)15(19)20-2)13-5-3-11(4-6-13)14(17)18/h3-6,12H,7-10H2,1-2H3,(H,17,18). The maximum absolute atomic E-state index is 11.5. The molecule has 0 radical (unpaired) electrons. The van der Waals surface area contributed by atoms with Crippen LogP contribution in [0, 0.1) is 5.92 Å². The summed E-state index contributed by atoms with van der Waals surface area (Å²) in [7, 11) is 1.43. The molecule has 108 valence electrons. The number of hydrogen-bond donors (Lipinski definition) is 1. The Hall–Kier alpha value is -1.84. The molecule has 1 aliphatic rings. The summed E-state index contributed by atoms with van der Waals surface area (Å²) in [5.41, 5.74) is 1.47. The van der Waals surface area contributed by atoms with Crippen LogP contribution in [-0.4, -0.2) is 24.2 Å². The van der Waals surface area contributed by atoms with Crippen LogP contribution < -0.4 is 0 Å². The highest BCUT2D eigenvalue weighted by Gasteiger charge is 2.35. The normalized spacial score (nSPS) is 26.0. The van der Waals surface area contributed by atoms with E-state index in [4.69, 9.17) is 9.84 Å². The molecular weight excluding hydrogens is 256 g/mol. The summed E-state index contributed by atoms with van der Waals surface area (Å²) in [5, 5.41) is 8.92. The van der Waals surface area contributed by atoms with Gasteiger partial charge in [-0.05, 0) is 48.8 Å². The third-order valence-corrected chi connectivity index (χ3v) is 4.45. The molecule has 1 aromatic rings. The molecule has 0 atom stereocenters. The smallest absolute Gasteiger partial charge is 0.335 e. The summed E-state index contributed by atoms with van der Waals surface area (Å²) >= 11 is 0. The van der Waals surface area contributed by atoms with Crippen molar-refractivity contribution in [3.8, 4) is 0 Å². The molecule has 1 aromatic carbocycles. The quantitative estimate of drug-likeness (QED) is 0.862. The van der Waals surface area contributed by atoms with Crippen molar-refractivity contribution in [2.75, 3.05) is 7.11 Å². The minimum atomic E-state index is -0.906. The van der Waals surface area contributed by atoms with Crippen molar-refractivity contribution < 1.29 is 19.4 Å². The molecule has 1 N–H and O–H groups in total. The number of esters is 1. The molecule has 1 fully saturated rings. The van der Waals surface area contributed by atoms with Crippen LogP contribution in [0.2, 0.25) is 0 Å². The topological polar surface area (TPSA) is 63.6 Å². The minimum absolute atomic E-state index is 0.00590. The highest BCUT2D eigenvalue weighted by Crippen LogP contribution is 2.41. The van der Waals surface area contributed by atoms with Crippen molar-refractivity contribution >= 4 is 11.9 Å². The average molecular weight is 276 g/mol. The summed E-state index contributed by atoms with van der Waals surface area (Å²) < 4.78 is 4.80. The van der Waals surface area contributed by atoms with Crippen molar-refractivity contribution in [3.05, 3.63) is 35.4 Å². The molecule has 0 spiro atoms. The minimum Gasteiger partial charge on any atom is -0.478 e. The van der Waals surface area contributed by atoms with Crippen molar-refractivity contribution in [2.24, 2.45) is 5.92 Å². The lowest BCUT2D eigenvalue weighted by Gasteiger charge is -2.37. The van der Waals surface area contributed by atoms with Crippen molar-refractivity contribution in [2.45, 2.75) is 38.0 Å². The number of carboxylic acids is 1. The fourth-order valence-electron chi connectivity index (χ4n) is 2.96. The third-order valence-electron chi connectivity index (χ3n) is 4.45. The Morgan fingerprint density at radius 2 is 1.75 bits per heavy atom. The van der Waals surface area contributed by atoms with Crippen molar-refractivity contribution in [1.29, 1.82) is 0 Å². The van der Waals surface area contributed by atoms with Gasteiger partial charge in [0.05, 0.1) is 18.6 Å².